The van der Waals surface area contributed by atoms with Crippen molar-refractivity contribution in [2.75, 3.05) is 6.61 Å². The van der Waals surface area contributed by atoms with E-state index >= 15 is 0 Å². The van der Waals surface area contributed by atoms with Gasteiger partial charge in [-0.15, -0.1) is 0 Å². The summed E-state index contributed by atoms with van der Waals surface area (Å²) in [5, 5.41) is 10.4. The summed E-state index contributed by atoms with van der Waals surface area (Å²) < 4.78 is 5.28. The van der Waals surface area contributed by atoms with Crippen molar-refractivity contribution >= 4 is 0 Å². The first kappa shape index (κ1) is 11.2. The first-order valence-corrected chi connectivity index (χ1v) is 5.76. The molecule has 0 spiro atoms. The zero-order valence-electron chi connectivity index (χ0n) is 9.65. The lowest BCUT2D eigenvalue weighted by atomic mass is 9.86. The van der Waals surface area contributed by atoms with Gasteiger partial charge in [0, 0.05) is 6.42 Å². The standard InChI is InChI=1S/C14H18O2/c1-14(15,13-8-5-9-16-11-13)10-12-6-3-2-4-7-12/h2-4,6-7,11,15H,5,8-10H2,1H3. The maximum absolute atomic E-state index is 10.4. The average molecular weight is 218 g/mol. The molecule has 0 fully saturated rings. The molecule has 1 heterocycles. The van der Waals surface area contributed by atoms with Gasteiger partial charge in [0.1, 0.15) is 0 Å². The Kier molecular flexibility index (Phi) is 3.30. The van der Waals surface area contributed by atoms with Crippen molar-refractivity contribution in [2.45, 2.75) is 31.8 Å². The molecule has 1 N–H and O–H groups in total. The van der Waals surface area contributed by atoms with E-state index < -0.39 is 5.60 Å². The third-order valence-electron chi connectivity index (χ3n) is 3.02. The molecule has 1 unspecified atom stereocenters. The van der Waals surface area contributed by atoms with Crippen molar-refractivity contribution in [1.82, 2.24) is 0 Å². The zero-order chi connectivity index (χ0) is 11.4. The number of benzene rings is 1. The molecule has 2 heteroatoms. The number of hydrogen-bond donors (Lipinski definition) is 1. The SMILES string of the molecule is CC(O)(Cc1ccccc1)C1=COCCC1. The van der Waals surface area contributed by atoms with Crippen molar-refractivity contribution in [2.24, 2.45) is 0 Å². The Balaban J connectivity index is 2.10. The van der Waals surface area contributed by atoms with Crippen LogP contribution in [0, 0.1) is 0 Å². The molecule has 2 rings (SSSR count). The summed E-state index contributed by atoms with van der Waals surface area (Å²) in [5.41, 5.74) is 1.36. The summed E-state index contributed by atoms with van der Waals surface area (Å²) in [4.78, 5) is 0. The van der Waals surface area contributed by atoms with Crippen LogP contribution in [-0.4, -0.2) is 17.3 Å². The van der Waals surface area contributed by atoms with E-state index in [9.17, 15) is 5.11 Å². The van der Waals surface area contributed by atoms with Gasteiger partial charge in [-0.1, -0.05) is 30.3 Å². The monoisotopic (exact) mass is 218 g/mol. The van der Waals surface area contributed by atoms with E-state index in [2.05, 4.69) is 0 Å². The molecular formula is C14H18O2. The molecule has 1 aromatic rings. The lowest BCUT2D eigenvalue weighted by Gasteiger charge is -2.28. The number of aliphatic hydroxyl groups is 1. The Bertz CT molecular complexity index is 366. The zero-order valence-corrected chi connectivity index (χ0v) is 9.65. The first-order valence-electron chi connectivity index (χ1n) is 5.76. The maximum atomic E-state index is 10.4. The van der Waals surface area contributed by atoms with Crippen molar-refractivity contribution < 1.29 is 9.84 Å². The van der Waals surface area contributed by atoms with Crippen LogP contribution >= 0.6 is 0 Å². The highest BCUT2D eigenvalue weighted by molar-refractivity contribution is 5.23. The van der Waals surface area contributed by atoms with Crippen molar-refractivity contribution in [3.8, 4) is 0 Å². The molecule has 0 radical (unpaired) electrons. The molecule has 1 aromatic carbocycles. The van der Waals surface area contributed by atoms with E-state index in [4.69, 9.17) is 4.74 Å². The summed E-state index contributed by atoms with van der Waals surface area (Å²) in [6.45, 7) is 2.63. The van der Waals surface area contributed by atoms with E-state index in [-0.39, 0.29) is 0 Å². The Labute approximate surface area is 96.6 Å². The highest BCUT2D eigenvalue weighted by atomic mass is 16.5. The van der Waals surface area contributed by atoms with Gasteiger partial charge in [0.25, 0.3) is 0 Å². The van der Waals surface area contributed by atoms with Crippen LogP contribution in [-0.2, 0) is 11.2 Å². The molecule has 16 heavy (non-hydrogen) atoms. The summed E-state index contributed by atoms with van der Waals surface area (Å²) >= 11 is 0. The summed E-state index contributed by atoms with van der Waals surface area (Å²) in [5.74, 6) is 0. The Morgan fingerprint density at radius 3 is 2.69 bits per heavy atom. The Morgan fingerprint density at radius 2 is 2.06 bits per heavy atom. The summed E-state index contributed by atoms with van der Waals surface area (Å²) in [6.07, 6.45) is 4.30. The van der Waals surface area contributed by atoms with Crippen LogP contribution in [0.2, 0.25) is 0 Å². The van der Waals surface area contributed by atoms with Crippen LogP contribution in [0.1, 0.15) is 25.3 Å². The van der Waals surface area contributed by atoms with Crippen LogP contribution in [0.15, 0.2) is 42.2 Å². The average Bonchev–Trinajstić information content (AvgIpc) is 2.31. The third-order valence-corrected chi connectivity index (χ3v) is 3.02. The predicted molar refractivity (Wildman–Crippen MR) is 64.0 cm³/mol. The van der Waals surface area contributed by atoms with Gasteiger partial charge in [0.2, 0.25) is 0 Å². The minimum Gasteiger partial charge on any atom is -0.501 e. The molecule has 1 aliphatic heterocycles. The summed E-state index contributed by atoms with van der Waals surface area (Å²) in [7, 11) is 0. The molecule has 0 saturated heterocycles. The minimum absolute atomic E-state index is 0.642. The quantitative estimate of drug-likeness (QED) is 0.845. The van der Waals surface area contributed by atoms with E-state index in [1.165, 1.54) is 0 Å². The maximum Gasteiger partial charge on any atom is 0.0901 e. The predicted octanol–water partition coefficient (Wildman–Crippen LogP) is 2.67. The van der Waals surface area contributed by atoms with E-state index in [1.54, 1.807) is 6.26 Å². The van der Waals surface area contributed by atoms with Crippen LogP contribution in [0.3, 0.4) is 0 Å². The summed E-state index contributed by atoms with van der Waals surface area (Å²) in [6, 6.07) is 10.1. The molecule has 0 aliphatic carbocycles. The second kappa shape index (κ2) is 4.71. The number of rotatable bonds is 3. The molecular weight excluding hydrogens is 200 g/mol. The van der Waals surface area contributed by atoms with E-state index in [1.807, 2.05) is 37.3 Å². The fourth-order valence-corrected chi connectivity index (χ4v) is 2.07. The Morgan fingerprint density at radius 1 is 1.31 bits per heavy atom. The van der Waals surface area contributed by atoms with E-state index in [0.29, 0.717) is 6.42 Å². The highest BCUT2D eigenvalue weighted by Crippen LogP contribution is 2.27. The van der Waals surface area contributed by atoms with Gasteiger partial charge in [-0.3, -0.25) is 0 Å². The molecule has 0 aromatic heterocycles. The van der Waals surface area contributed by atoms with Crippen molar-refractivity contribution in [1.29, 1.82) is 0 Å². The van der Waals surface area contributed by atoms with Gasteiger partial charge in [-0.05, 0) is 30.9 Å². The molecule has 1 atom stereocenters. The molecule has 0 saturated carbocycles. The van der Waals surface area contributed by atoms with Crippen molar-refractivity contribution in [3.63, 3.8) is 0 Å². The van der Waals surface area contributed by atoms with Crippen molar-refractivity contribution in [3.05, 3.63) is 47.7 Å². The van der Waals surface area contributed by atoms with E-state index in [0.717, 1.165) is 30.6 Å². The topological polar surface area (TPSA) is 29.5 Å². The van der Waals surface area contributed by atoms with Gasteiger partial charge in [-0.25, -0.2) is 0 Å². The fourth-order valence-electron chi connectivity index (χ4n) is 2.07. The van der Waals surface area contributed by atoms with Gasteiger partial charge in [-0.2, -0.15) is 0 Å². The molecule has 0 amide bonds. The largest absolute Gasteiger partial charge is 0.501 e. The molecule has 1 aliphatic rings. The Hall–Kier alpha value is -1.28. The second-order valence-electron chi connectivity index (χ2n) is 4.55. The lowest BCUT2D eigenvalue weighted by molar-refractivity contribution is 0.0807. The number of ether oxygens (including phenoxy) is 1. The first-order chi connectivity index (χ1) is 7.68. The van der Waals surface area contributed by atoms with Gasteiger partial charge < -0.3 is 9.84 Å². The van der Waals surface area contributed by atoms with Crippen LogP contribution in [0.4, 0.5) is 0 Å². The van der Waals surface area contributed by atoms with Gasteiger partial charge in [0.15, 0.2) is 0 Å². The molecule has 86 valence electrons. The molecule has 0 bridgehead atoms. The number of hydrogen-bond acceptors (Lipinski definition) is 2. The smallest absolute Gasteiger partial charge is 0.0901 e. The van der Waals surface area contributed by atoms with Gasteiger partial charge >= 0.3 is 0 Å². The molecule has 2 nitrogen and oxygen atoms in total. The highest BCUT2D eigenvalue weighted by Gasteiger charge is 2.27. The van der Waals surface area contributed by atoms with Crippen LogP contribution in [0.25, 0.3) is 0 Å². The lowest BCUT2D eigenvalue weighted by Crippen LogP contribution is -2.31. The fraction of sp³-hybridized carbons (Fsp3) is 0.429. The second-order valence-corrected chi connectivity index (χ2v) is 4.55. The van der Waals surface area contributed by atoms with Crippen LogP contribution in [0.5, 0.6) is 0 Å². The minimum atomic E-state index is -0.790. The van der Waals surface area contributed by atoms with Crippen LogP contribution < -0.4 is 0 Å². The third kappa shape index (κ3) is 2.64. The normalized spacial score (nSPS) is 19.5. The van der Waals surface area contributed by atoms with Gasteiger partial charge in [0.05, 0.1) is 18.5 Å².